The fourth-order valence-corrected chi connectivity index (χ4v) is 1.14. The molecule has 1 aromatic rings. The standard InChI is InChI=1S/C9H12N2O3/c1-11(4-5-12)8-6-10-3-2-7(8)9(13)14/h2-3,6,12H,4-5H2,1H3,(H,13,14). The van der Waals surface area contributed by atoms with Crippen molar-refractivity contribution >= 4 is 11.7 Å². The van der Waals surface area contributed by atoms with Crippen LogP contribution in [0.15, 0.2) is 18.5 Å². The summed E-state index contributed by atoms with van der Waals surface area (Å²) >= 11 is 0. The van der Waals surface area contributed by atoms with Gasteiger partial charge in [-0.3, -0.25) is 4.98 Å². The molecule has 0 saturated carbocycles. The SMILES string of the molecule is CN(CCO)c1cnccc1C(=O)O. The lowest BCUT2D eigenvalue weighted by Crippen LogP contribution is -2.23. The predicted octanol–water partition coefficient (Wildman–Crippen LogP) is 0.208. The van der Waals surface area contributed by atoms with E-state index in [1.807, 2.05) is 0 Å². The van der Waals surface area contributed by atoms with E-state index in [0.717, 1.165) is 0 Å². The van der Waals surface area contributed by atoms with Gasteiger partial charge in [0.2, 0.25) is 0 Å². The molecule has 0 radical (unpaired) electrons. The number of aromatic carboxylic acids is 1. The van der Waals surface area contributed by atoms with Crippen molar-refractivity contribution in [3.63, 3.8) is 0 Å². The largest absolute Gasteiger partial charge is 0.478 e. The monoisotopic (exact) mass is 196 g/mol. The first-order chi connectivity index (χ1) is 6.66. The fourth-order valence-electron chi connectivity index (χ4n) is 1.14. The second-order valence-electron chi connectivity index (χ2n) is 2.84. The highest BCUT2D eigenvalue weighted by Crippen LogP contribution is 2.16. The average molecular weight is 196 g/mol. The Labute approximate surface area is 81.6 Å². The van der Waals surface area contributed by atoms with E-state index in [-0.39, 0.29) is 12.2 Å². The van der Waals surface area contributed by atoms with Gasteiger partial charge < -0.3 is 15.1 Å². The number of nitrogens with zero attached hydrogens (tertiary/aromatic N) is 2. The summed E-state index contributed by atoms with van der Waals surface area (Å²) in [4.78, 5) is 16.3. The third-order valence-electron chi connectivity index (χ3n) is 1.88. The Morgan fingerprint density at radius 1 is 1.64 bits per heavy atom. The fraction of sp³-hybridized carbons (Fsp3) is 0.333. The van der Waals surface area contributed by atoms with Crippen molar-refractivity contribution in [3.05, 3.63) is 24.0 Å². The van der Waals surface area contributed by atoms with Crippen molar-refractivity contribution in [2.45, 2.75) is 0 Å². The molecule has 0 aromatic carbocycles. The lowest BCUT2D eigenvalue weighted by Gasteiger charge is -2.18. The van der Waals surface area contributed by atoms with E-state index < -0.39 is 5.97 Å². The summed E-state index contributed by atoms with van der Waals surface area (Å²) in [5, 5.41) is 17.6. The maximum atomic E-state index is 10.8. The Morgan fingerprint density at radius 2 is 2.36 bits per heavy atom. The molecule has 0 amide bonds. The second kappa shape index (κ2) is 4.57. The summed E-state index contributed by atoms with van der Waals surface area (Å²) in [6.45, 7) is 0.358. The highest BCUT2D eigenvalue weighted by molar-refractivity contribution is 5.94. The summed E-state index contributed by atoms with van der Waals surface area (Å²) in [6, 6.07) is 1.44. The quantitative estimate of drug-likeness (QED) is 0.720. The Balaban J connectivity index is 3.00. The Morgan fingerprint density at radius 3 is 2.93 bits per heavy atom. The van der Waals surface area contributed by atoms with Crippen LogP contribution in [0.3, 0.4) is 0 Å². The number of carbonyl (C=O) groups is 1. The van der Waals surface area contributed by atoms with Crippen molar-refractivity contribution in [2.24, 2.45) is 0 Å². The molecule has 1 aromatic heterocycles. The van der Waals surface area contributed by atoms with Gasteiger partial charge >= 0.3 is 5.97 Å². The van der Waals surface area contributed by atoms with Crippen LogP contribution in [0.1, 0.15) is 10.4 Å². The Hall–Kier alpha value is -1.62. The lowest BCUT2D eigenvalue weighted by molar-refractivity contribution is 0.0697. The minimum absolute atomic E-state index is 0.0234. The number of hydrogen-bond acceptors (Lipinski definition) is 4. The molecule has 0 aliphatic rings. The predicted molar refractivity (Wildman–Crippen MR) is 51.6 cm³/mol. The van der Waals surface area contributed by atoms with Crippen molar-refractivity contribution in [3.8, 4) is 0 Å². The minimum atomic E-state index is -0.993. The van der Waals surface area contributed by atoms with Crippen LogP contribution in [0.2, 0.25) is 0 Å². The van der Waals surface area contributed by atoms with Gasteiger partial charge in [0.05, 0.1) is 24.1 Å². The van der Waals surface area contributed by atoms with Crippen LogP contribution in [0.5, 0.6) is 0 Å². The first-order valence-electron chi connectivity index (χ1n) is 4.16. The molecule has 0 saturated heterocycles. The number of rotatable bonds is 4. The van der Waals surface area contributed by atoms with Crippen LogP contribution in [-0.2, 0) is 0 Å². The van der Waals surface area contributed by atoms with E-state index in [0.29, 0.717) is 12.2 Å². The summed E-state index contributed by atoms with van der Waals surface area (Å²) in [6.07, 6.45) is 2.90. The zero-order chi connectivity index (χ0) is 10.6. The molecule has 0 aliphatic heterocycles. The van der Waals surface area contributed by atoms with E-state index in [2.05, 4.69) is 4.98 Å². The van der Waals surface area contributed by atoms with E-state index in [9.17, 15) is 4.79 Å². The summed E-state index contributed by atoms with van der Waals surface area (Å²) in [7, 11) is 1.71. The molecule has 0 atom stereocenters. The average Bonchev–Trinajstić information content (AvgIpc) is 2.18. The lowest BCUT2D eigenvalue weighted by atomic mass is 10.2. The minimum Gasteiger partial charge on any atom is -0.478 e. The molecule has 0 fully saturated rings. The Bertz CT molecular complexity index is 328. The molecule has 1 heterocycles. The Kier molecular flexibility index (Phi) is 3.41. The normalized spacial score (nSPS) is 9.86. The zero-order valence-electron chi connectivity index (χ0n) is 7.84. The van der Waals surface area contributed by atoms with Crippen LogP contribution < -0.4 is 4.90 Å². The molecular weight excluding hydrogens is 184 g/mol. The molecule has 1 rings (SSSR count). The number of anilines is 1. The van der Waals surface area contributed by atoms with Crippen molar-refractivity contribution < 1.29 is 15.0 Å². The number of carboxylic acid groups (broad SMARTS) is 1. The summed E-state index contributed by atoms with van der Waals surface area (Å²) in [5.74, 6) is -0.993. The van der Waals surface area contributed by atoms with Gasteiger partial charge in [-0.05, 0) is 6.07 Å². The summed E-state index contributed by atoms with van der Waals surface area (Å²) in [5.41, 5.74) is 0.699. The topological polar surface area (TPSA) is 73.7 Å². The molecule has 2 N–H and O–H groups in total. The van der Waals surface area contributed by atoms with Crippen LogP contribution in [0.4, 0.5) is 5.69 Å². The highest BCUT2D eigenvalue weighted by Gasteiger charge is 2.12. The highest BCUT2D eigenvalue weighted by atomic mass is 16.4. The maximum absolute atomic E-state index is 10.8. The van der Waals surface area contributed by atoms with Gasteiger partial charge in [0, 0.05) is 19.8 Å². The molecule has 5 heteroatoms. The number of hydrogen-bond donors (Lipinski definition) is 2. The number of aromatic nitrogens is 1. The third kappa shape index (κ3) is 2.20. The van der Waals surface area contributed by atoms with E-state index in [1.165, 1.54) is 18.5 Å². The van der Waals surface area contributed by atoms with Crippen molar-refractivity contribution in [1.29, 1.82) is 0 Å². The molecular formula is C9H12N2O3. The zero-order valence-corrected chi connectivity index (χ0v) is 7.84. The number of pyridine rings is 1. The molecule has 0 bridgehead atoms. The molecule has 0 unspecified atom stereocenters. The maximum Gasteiger partial charge on any atom is 0.337 e. The van der Waals surface area contributed by atoms with Gasteiger partial charge in [0.25, 0.3) is 0 Å². The van der Waals surface area contributed by atoms with Crippen LogP contribution >= 0.6 is 0 Å². The molecule has 0 aliphatic carbocycles. The first-order valence-corrected chi connectivity index (χ1v) is 4.16. The summed E-state index contributed by atoms with van der Waals surface area (Å²) < 4.78 is 0. The van der Waals surface area contributed by atoms with Gasteiger partial charge in [-0.15, -0.1) is 0 Å². The smallest absolute Gasteiger partial charge is 0.337 e. The number of aliphatic hydroxyl groups is 1. The number of likely N-dealkylation sites (N-methyl/N-ethyl adjacent to an activating group) is 1. The van der Waals surface area contributed by atoms with E-state index in [4.69, 9.17) is 10.2 Å². The van der Waals surface area contributed by atoms with Crippen molar-refractivity contribution in [1.82, 2.24) is 4.98 Å². The van der Waals surface area contributed by atoms with Crippen LogP contribution in [0, 0.1) is 0 Å². The van der Waals surface area contributed by atoms with Crippen LogP contribution in [0.25, 0.3) is 0 Å². The molecule has 5 nitrogen and oxygen atoms in total. The van der Waals surface area contributed by atoms with Crippen molar-refractivity contribution in [2.75, 3.05) is 25.1 Å². The van der Waals surface area contributed by atoms with Crippen LogP contribution in [-0.4, -0.2) is 41.4 Å². The van der Waals surface area contributed by atoms with Gasteiger partial charge in [-0.1, -0.05) is 0 Å². The van der Waals surface area contributed by atoms with Gasteiger partial charge in [0.1, 0.15) is 0 Å². The molecule has 76 valence electrons. The first kappa shape index (κ1) is 10.5. The second-order valence-corrected chi connectivity index (χ2v) is 2.84. The van der Waals surface area contributed by atoms with E-state index >= 15 is 0 Å². The van der Waals surface area contributed by atoms with Gasteiger partial charge in [-0.25, -0.2) is 4.79 Å². The molecule has 0 spiro atoms. The van der Waals surface area contributed by atoms with Gasteiger partial charge in [0.15, 0.2) is 0 Å². The van der Waals surface area contributed by atoms with E-state index in [1.54, 1.807) is 11.9 Å². The number of aliphatic hydroxyl groups excluding tert-OH is 1. The third-order valence-corrected chi connectivity index (χ3v) is 1.88. The number of carboxylic acids is 1. The molecule has 14 heavy (non-hydrogen) atoms. The van der Waals surface area contributed by atoms with Gasteiger partial charge in [-0.2, -0.15) is 0 Å².